The Kier molecular flexibility index (Phi) is 5.91. The molecular weight excluding hydrogens is 343 g/mol. The number of amides is 2. The zero-order chi connectivity index (χ0) is 17.6. The maximum Gasteiger partial charge on any atom is 0.317 e. The number of halogens is 1. The summed E-state index contributed by atoms with van der Waals surface area (Å²) >= 11 is 1.82. The van der Waals surface area contributed by atoms with E-state index in [2.05, 4.69) is 21.7 Å². The zero-order valence-electron chi connectivity index (χ0n) is 14.1. The van der Waals surface area contributed by atoms with Crippen LogP contribution in [0.15, 0.2) is 28.8 Å². The molecule has 0 spiro atoms. The van der Waals surface area contributed by atoms with E-state index in [0.717, 1.165) is 25.3 Å². The standard InChI is InChI=1S/C17H21FN4O2S/c1-25-11-12-3-2-8-22(10-12)17(23)19-9-15-20-16(21-24-15)13-4-6-14(18)7-5-13/h4-7,12H,2-3,8-11H2,1H3,(H,19,23)/t12-/m0/s1. The van der Waals surface area contributed by atoms with E-state index < -0.39 is 0 Å². The van der Waals surface area contributed by atoms with Crippen LogP contribution in [0.3, 0.4) is 0 Å². The van der Waals surface area contributed by atoms with E-state index in [1.54, 1.807) is 12.1 Å². The summed E-state index contributed by atoms with van der Waals surface area (Å²) in [5.74, 6) is 2.02. The van der Waals surface area contributed by atoms with E-state index in [-0.39, 0.29) is 18.4 Å². The van der Waals surface area contributed by atoms with Gasteiger partial charge in [0, 0.05) is 18.7 Å². The van der Waals surface area contributed by atoms with Crippen LogP contribution >= 0.6 is 11.8 Å². The number of nitrogens with zero attached hydrogens (tertiary/aromatic N) is 3. The number of hydrogen-bond acceptors (Lipinski definition) is 5. The zero-order valence-corrected chi connectivity index (χ0v) is 14.9. The fourth-order valence-corrected chi connectivity index (χ4v) is 3.67. The summed E-state index contributed by atoms with van der Waals surface area (Å²) in [7, 11) is 0. The maximum absolute atomic E-state index is 13.0. The average Bonchev–Trinajstić information content (AvgIpc) is 3.10. The van der Waals surface area contributed by atoms with Crippen molar-refractivity contribution >= 4 is 17.8 Å². The van der Waals surface area contributed by atoms with E-state index in [4.69, 9.17) is 4.52 Å². The molecule has 1 aliphatic heterocycles. The molecule has 8 heteroatoms. The molecule has 134 valence electrons. The van der Waals surface area contributed by atoms with E-state index in [1.165, 1.54) is 18.6 Å². The summed E-state index contributed by atoms with van der Waals surface area (Å²) in [6.45, 7) is 1.75. The summed E-state index contributed by atoms with van der Waals surface area (Å²) in [4.78, 5) is 18.4. The number of carbonyl (C=O) groups is 1. The average molecular weight is 364 g/mol. The van der Waals surface area contributed by atoms with Gasteiger partial charge in [-0.25, -0.2) is 9.18 Å². The molecule has 1 N–H and O–H groups in total. The molecule has 0 bridgehead atoms. The minimum absolute atomic E-state index is 0.104. The van der Waals surface area contributed by atoms with Gasteiger partial charge in [-0.3, -0.25) is 0 Å². The Balaban J connectivity index is 1.53. The van der Waals surface area contributed by atoms with Gasteiger partial charge < -0.3 is 14.7 Å². The van der Waals surface area contributed by atoms with Crippen molar-refractivity contribution in [2.24, 2.45) is 5.92 Å². The van der Waals surface area contributed by atoms with Crippen molar-refractivity contribution in [3.05, 3.63) is 36.0 Å². The number of hydrogen-bond donors (Lipinski definition) is 1. The number of urea groups is 1. The summed E-state index contributed by atoms with van der Waals surface area (Å²) in [5, 5.41) is 6.70. The molecule has 2 aromatic rings. The number of thioether (sulfide) groups is 1. The van der Waals surface area contributed by atoms with Crippen molar-refractivity contribution < 1.29 is 13.7 Å². The highest BCUT2D eigenvalue weighted by molar-refractivity contribution is 7.98. The van der Waals surface area contributed by atoms with Gasteiger partial charge in [-0.15, -0.1) is 0 Å². The first kappa shape index (κ1) is 17.7. The van der Waals surface area contributed by atoms with Crippen LogP contribution in [0, 0.1) is 11.7 Å². The molecule has 1 aromatic heterocycles. The predicted molar refractivity (Wildman–Crippen MR) is 94.6 cm³/mol. The van der Waals surface area contributed by atoms with Crippen molar-refractivity contribution in [3.63, 3.8) is 0 Å². The number of piperidine rings is 1. The van der Waals surface area contributed by atoms with Gasteiger partial charge in [0.05, 0.1) is 6.54 Å². The summed E-state index contributed by atoms with van der Waals surface area (Å²) in [5.41, 5.74) is 0.665. The molecule has 1 aromatic carbocycles. The highest BCUT2D eigenvalue weighted by Gasteiger charge is 2.23. The van der Waals surface area contributed by atoms with Gasteiger partial charge in [0.2, 0.25) is 11.7 Å². The molecule has 6 nitrogen and oxygen atoms in total. The second-order valence-electron chi connectivity index (χ2n) is 6.09. The normalized spacial score (nSPS) is 17.5. The maximum atomic E-state index is 13.0. The van der Waals surface area contributed by atoms with Crippen LogP contribution in [0.4, 0.5) is 9.18 Å². The van der Waals surface area contributed by atoms with Crippen LogP contribution in [-0.4, -0.2) is 46.2 Å². The number of aromatic nitrogens is 2. The molecule has 1 saturated heterocycles. The highest BCUT2D eigenvalue weighted by atomic mass is 32.2. The van der Waals surface area contributed by atoms with Crippen LogP contribution < -0.4 is 5.32 Å². The first-order valence-electron chi connectivity index (χ1n) is 8.26. The van der Waals surface area contributed by atoms with Gasteiger partial charge in [0.15, 0.2) is 0 Å². The fourth-order valence-electron chi connectivity index (χ4n) is 2.93. The third-order valence-electron chi connectivity index (χ3n) is 4.17. The van der Waals surface area contributed by atoms with Crippen molar-refractivity contribution in [2.45, 2.75) is 19.4 Å². The number of rotatable bonds is 5. The van der Waals surface area contributed by atoms with Crippen LogP contribution in [-0.2, 0) is 6.54 Å². The Morgan fingerprint density at radius 2 is 2.24 bits per heavy atom. The Morgan fingerprint density at radius 1 is 1.44 bits per heavy atom. The Labute approximate surface area is 150 Å². The van der Waals surface area contributed by atoms with Crippen LogP contribution in [0.5, 0.6) is 0 Å². The Morgan fingerprint density at radius 3 is 3.00 bits per heavy atom. The Hall–Kier alpha value is -2.09. The molecule has 1 atom stereocenters. The second kappa shape index (κ2) is 8.33. The first-order valence-corrected chi connectivity index (χ1v) is 9.65. The molecule has 0 unspecified atom stereocenters. The molecule has 1 fully saturated rings. The van der Waals surface area contributed by atoms with E-state index in [0.29, 0.717) is 23.2 Å². The lowest BCUT2D eigenvalue weighted by Crippen LogP contribution is -2.45. The van der Waals surface area contributed by atoms with Gasteiger partial charge in [-0.2, -0.15) is 16.7 Å². The lowest BCUT2D eigenvalue weighted by molar-refractivity contribution is 0.169. The van der Waals surface area contributed by atoms with Crippen LogP contribution in [0.25, 0.3) is 11.4 Å². The minimum atomic E-state index is -0.318. The van der Waals surface area contributed by atoms with Crippen molar-refractivity contribution in [2.75, 3.05) is 25.1 Å². The number of carbonyl (C=O) groups excluding carboxylic acids is 1. The van der Waals surface area contributed by atoms with Crippen LogP contribution in [0.1, 0.15) is 18.7 Å². The number of nitrogens with one attached hydrogen (secondary N) is 1. The van der Waals surface area contributed by atoms with Gasteiger partial charge in [-0.05, 0) is 55.0 Å². The van der Waals surface area contributed by atoms with E-state index >= 15 is 0 Å². The van der Waals surface area contributed by atoms with Crippen molar-refractivity contribution in [1.82, 2.24) is 20.4 Å². The first-order chi connectivity index (χ1) is 12.2. The van der Waals surface area contributed by atoms with Crippen LogP contribution in [0.2, 0.25) is 0 Å². The highest BCUT2D eigenvalue weighted by Crippen LogP contribution is 2.20. The molecule has 25 heavy (non-hydrogen) atoms. The van der Waals surface area contributed by atoms with Gasteiger partial charge in [0.25, 0.3) is 0 Å². The molecular formula is C17H21FN4O2S. The quantitative estimate of drug-likeness (QED) is 0.882. The summed E-state index contributed by atoms with van der Waals surface area (Å²) in [6.07, 6.45) is 4.30. The molecule has 0 saturated carbocycles. The fraction of sp³-hybridized carbons (Fsp3) is 0.471. The Bertz CT molecular complexity index is 705. The number of benzene rings is 1. The third kappa shape index (κ3) is 4.72. The van der Waals surface area contributed by atoms with Gasteiger partial charge in [0.1, 0.15) is 5.82 Å². The topological polar surface area (TPSA) is 71.3 Å². The summed E-state index contributed by atoms with van der Waals surface area (Å²) in [6, 6.07) is 5.75. The van der Waals surface area contributed by atoms with Crippen molar-refractivity contribution in [3.8, 4) is 11.4 Å². The summed E-state index contributed by atoms with van der Waals surface area (Å²) < 4.78 is 18.1. The molecule has 2 amide bonds. The lowest BCUT2D eigenvalue weighted by atomic mass is 10.0. The van der Waals surface area contributed by atoms with Crippen molar-refractivity contribution in [1.29, 1.82) is 0 Å². The van der Waals surface area contributed by atoms with E-state index in [1.807, 2.05) is 16.7 Å². The molecule has 3 rings (SSSR count). The van der Waals surface area contributed by atoms with E-state index in [9.17, 15) is 9.18 Å². The second-order valence-corrected chi connectivity index (χ2v) is 7.00. The molecule has 2 heterocycles. The lowest BCUT2D eigenvalue weighted by Gasteiger charge is -2.32. The largest absolute Gasteiger partial charge is 0.337 e. The molecule has 1 aliphatic rings. The minimum Gasteiger partial charge on any atom is -0.337 e. The number of likely N-dealkylation sites (tertiary alicyclic amines) is 1. The SMILES string of the molecule is CSC[C@H]1CCCN(C(=O)NCc2nc(-c3ccc(F)cc3)no2)C1. The van der Waals surface area contributed by atoms with Gasteiger partial charge in [-0.1, -0.05) is 5.16 Å². The third-order valence-corrected chi connectivity index (χ3v) is 4.97. The van der Waals surface area contributed by atoms with Gasteiger partial charge >= 0.3 is 6.03 Å². The monoisotopic (exact) mass is 364 g/mol. The molecule has 0 radical (unpaired) electrons. The molecule has 0 aliphatic carbocycles. The predicted octanol–water partition coefficient (Wildman–Crippen LogP) is 3.16. The smallest absolute Gasteiger partial charge is 0.317 e.